The van der Waals surface area contributed by atoms with Crippen molar-refractivity contribution in [3.05, 3.63) is 42.5 Å². The first-order valence-electron chi connectivity index (χ1n) is 8.89. The largest absolute Gasteiger partial charge is 0.490 e. The summed E-state index contributed by atoms with van der Waals surface area (Å²) in [7, 11) is 0. The molecule has 0 aromatic heterocycles. The SMILES string of the molecule is C[C@H]1COc2ccccc2N1CC(=O)Nc1ccc2c(c1)OCCCO2. The van der Waals surface area contributed by atoms with Gasteiger partial charge in [0.15, 0.2) is 11.5 Å². The molecule has 0 unspecified atom stereocenters. The maximum absolute atomic E-state index is 12.6. The second-order valence-electron chi connectivity index (χ2n) is 6.52. The molecule has 4 rings (SSSR count). The maximum Gasteiger partial charge on any atom is 0.243 e. The molecule has 1 N–H and O–H groups in total. The molecule has 2 aliphatic heterocycles. The van der Waals surface area contributed by atoms with Crippen LogP contribution in [0.5, 0.6) is 17.2 Å². The lowest BCUT2D eigenvalue weighted by atomic mass is 10.1. The predicted octanol–water partition coefficient (Wildman–Crippen LogP) is 3.07. The van der Waals surface area contributed by atoms with Crippen molar-refractivity contribution in [1.82, 2.24) is 0 Å². The average Bonchev–Trinajstić information content (AvgIpc) is 2.89. The number of rotatable bonds is 3. The monoisotopic (exact) mass is 354 g/mol. The molecule has 2 heterocycles. The van der Waals surface area contributed by atoms with E-state index in [0.29, 0.717) is 31.3 Å². The molecule has 0 aliphatic carbocycles. The van der Waals surface area contributed by atoms with E-state index in [1.807, 2.05) is 42.5 Å². The van der Waals surface area contributed by atoms with Crippen molar-refractivity contribution >= 4 is 17.3 Å². The van der Waals surface area contributed by atoms with Crippen LogP contribution in [0.1, 0.15) is 13.3 Å². The van der Waals surface area contributed by atoms with Gasteiger partial charge in [0.25, 0.3) is 0 Å². The van der Waals surface area contributed by atoms with E-state index < -0.39 is 0 Å². The summed E-state index contributed by atoms with van der Waals surface area (Å²) in [6, 6.07) is 13.4. The molecule has 0 saturated heterocycles. The van der Waals surface area contributed by atoms with Crippen LogP contribution in [0.15, 0.2) is 42.5 Å². The standard InChI is InChI=1S/C20H22N2O4/c1-14-13-26-17-6-3-2-5-16(17)22(14)12-20(23)21-15-7-8-18-19(11-15)25-10-4-9-24-18/h2-3,5-8,11,14H,4,9-10,12-13H2,1H3,(H,21,23)/t14-/m0/s1. The molecule has 2 aromatic carbocycles. The van der Waals surface area contributed by atoms with Gasteiger partial charge >= 0.3 is 0 Å². The van der Waals surface area contributed by atoms with Crippen molar-refractivity contribution in [3.8, 4) is 17.2 Å². The van der Waals surface area contributed by atoms with Crippen molar-refractivity contribution in [2.45, 2.75) is 19.4 Å². The zero-order valence-electron chi connectivity index (χ0n) is 14.7. The van der Waals surface area contributed by atoms with E-state index in [4.69, 9.17) is 14.2 Å². The lowest BCUT2D eigenvalue weighted by molar-refractivity contribution is -0.115. The number of anilines is 2. The van der Waals surface area contributed by atoms with Crippen molar-refractivity contribution in [2.24, 2.45) is 0 Å². The number of hydrogen-bond donors (Lipinski definition) is 1. The number of para-hydroxylation sites is 2. The lowest BCUT2D eigenvalue weighted by Gasteiger charge is -2.36. The minimum atomic E-state index is -0.0805. The van der Waals surface area contributed by atoms with Gasteiger partial charge in [-0.25, -0.2) is 0 Å². The molecular formula is C20H22N2O4. The lowest BCUT2D eigenvalue weighted by Crippen LogP contribution is -2.45. The minimum Gasteiger partial charge on any atom is -0.490 e. The number of amides is 1. The first kappa shape index (κ1) is 16.6. The third-order valence-electron chi connectivity index (χ3n) is 4.53. The second-order valence-corrected chi connectivity index (χ2v) is 6.52. The summed E-state index contributed by atoms with van der Waals surface area (Å²) in [5.74, 6) is 2.12. The van der Waals surface area contributed by atoms with Gasteiger partial charge in [-0.1, -0.05) is 12.1 Å². The van der Waals surface area contributed by atoms with Gasteiger partial charge in [0, 0.05) is 18.2 Å². The topological polar surface area (TPSA) is 60.0 Å². The highest BCUT2D eigenvalue weighted by Crippen LogP contribution is 2.34. The van der Waals surface area contributed by atoms with Gasteiger partial charge in [-0.05, 0) is 31.2 Å². The van der Waals surface area contributed by atoms with Crippen LogP contribution in [0, 0.1) is 0 Å². The number of ether oxygens (including phenoxy) is 3. The Morgan fingerprint density at radius 3 is 2.77 bits per heavy atom. The van der Waals surface area contributed by atoms with E-state index in [1.165, 1.54) is 0 Å². The van der Waals surface area contributed by atoms with E-state index in [1.54, 1.807) is 0 Å². The summed E-state index contributed by atoms with van der Waals surface area (Å²) in [5, 5.41) is 2.95. The Kier molecular flexibility index (Phi) is 4.56. The highest BCUT2D eigenvalue weighted by Gasteiger charge is 2.25. The van der Waals surface area contributed by atoms with Crippen LogP contribution in [0.25, 0.3) is 0 Å². The molecule has 0 radical (unpaired) electrons. The van der Waals surface area contributed by atoms with Crippen LogP contribution in [-0.4, -0.2) is 38.3 Å². The average molecular weight is 354 g/mol. The molecular weight excluding hydrogens is 332 g/mol. The summed E-state index contributed by atoms with van der Waals surface area (Å²) in [5.41, 5.74) is 1.65. The van der Waals surface area contributed by atoms with Crippen molar-refractivity contribution in [1.29, 1.82) is 0 Å². The molecule has 2 aliphatic rings. The van der Waals surface area contributed by atoms with Crippen LogP contribution in [-0.2, 0) is 4.79 Å². The molecule has 26 heavy (non-hydrogen) atoms. The molecule has 1 atom stereocenters. The van der Waals surface area contributed by atoms with E-state index in [0.717, 1.165) is 23.6 Å². The summed E-state index contributed by atoms with van der Waals surface area (Å²) in [6.07, 6.45) is 0.852. The van der Waals surface area contributed by atoms with Crippen LogP contribution < -0.4 is 24.4 Å². The highest BCUT2D eigenvalue weighted by molar-refractivity contribution is 5.94. The van der Waals surface area contributed by atoms with Crippen molar-refractivity contribution < 1.29 is 19.0 Å². The zero-order valence-corrected chi connectivity index (χ0v) is 14.7. The second kappa shape index (κ2) is 7.15. The number of carbonyl (C=O) groups is 1. The minimum absolute atomic E-state index is 0.0805. The van der Waals surface area contributed by atoms with Crippen LogP contribution >= 0.6 is 0 Å². The van der Waals surface area contributed by atoms with Gasteiger partial charge in [-0.2, -0.15) is 0 Å². The van der Waals surface area contributed by atoms with Crippen LogP contribution in [0.3, 0.4) is 0 Å². The number of benzene rings is 2. The Hall–Kier alpha value is -2.89. The molecule has 2 aromatic rings. The first-order chi connectivity index (χ1) is 12.7. The Bertz CT molecular complexity index is 808. The molecule has 0 fully saturated rings. The van der Waals surface area contributed by atoms with Gasteiger partial charge in [0.05, 0.1) is 31.5 Å². The smallest absolute Gasteiger partial charge is 0.243 e. The third-order valence-corrected chi connectivity index (χ3v) is 4.53. The fourth-order valence-corrected chi connectivity index (χ4v) is 3.19. The van der Waals surface area contributed by atoms with E-state index in [9.17, 15) is 4.79 Å². The Balaban J connectivity index is 1.47. The fraction of sp³-hybridized carbons (Fsp3) is 0.350. The Morgan fingerprint density at radius 1 is 1.08 bits per heavy atom. The molecule has 6 nitrogen and oxygen atoms in total. The van der Waals surface area contributed by atoms with Crippen LogP contribution in [0.4, 0.5) is 11.4 Å². The quantitative estimate of drug-likeness (QED) is 0.918. The molecule has 0 spiro atoms. The number of nitrogens with one attached hydrogen (secondary N) is 1. The summed E-state index contributed by atoms with van der Waals surface area (Å²) < 4.78 is 17.0. The Labute approximate surface area is 152 Å². The van der Waals surface area contributed by atoms with Crippen molar-refractivity contribution in [3.63, 3.8) is 0 Å². The molecule has 1 amide bonds. The highest BCUT2D eigenvalue weighted by atomic mass is 16.5. The molecule has 6 heteroatoms. The summed E-state index contributed by atoms with van der Waals surface area (Å²) >= 11 is 0. The number of nitrogens with zero attached hydrogens (tertiary/aromatic N) is 1. The van der Waals surface area contributed by atoms with Gasteiger partial charge in [-0.15, -0.1) is 0 Å². The normalized spacial score (nSPS) is 18.3. The Morgan fingerprint density at radius 2 is 1.88 bits per heavy atom. The molecule has 0 saturated carbocycles. The first-order valence-corrected chi connectivity index (χ1v) is 8.89. The van der Waals surface area contributed by atoms with E-state index >= 15 is 0 Å². The number of hydrogen-bond acceptors (Lipinski definition) is 5. The van der Waals surface area contributed by atoms with Crippen LogP contribution in [0.2, 0.25) is 0 Å². The molecule has 0 bridgehead atoms. The fourth-order valence-electron chi connectivity index (χ4n) is 3.19. The van der Waals surface area contributed by atoms with E-state index in [2.05, 4.69) is 17.1 Å². The van der Waals surface area contributed by atoms with E-state index in [-0.39, 0.29) is 18.5 Å². The van der Waals surface area contributed by atoms with Gasteiger partial charge in [0.1, 0.15) is 12.4 Å². The van der Waals surface area contributed by atoms with Gasteiger partial charge in [0.2, 0.25) is 5.91 Å². The summed E-state index contributed by atoms with van der Waals surface area (Å²) in [4.78, 5) is 14.7. The van der Waals surface area contributed by atoms with Gasteiger partial charge < -0.3 is 24.4 Å². The third kappa shape index (κ3) is 3.40. The van der Waals surface area contributed by atoms with Gasteiger partial charge in [-0.3, -0.25) is 4.79 Å². The maximum atomic E-state index is 12.6. The summed E-state index contributed by atoms with van der Waals surface area (Å²) in [6.45, 7) is 4.14. The van der Waals surface area contributed by atoms with Crippen molar-refractivity contribution in [2.75, 3.05) is 36.6 Å². The number of fused-ring (bicyclic) bond motifs is 2. The molecule has 136 valence electrons. The zero-order chi connectivity index (χ0) is 17.9. The predicted molar refractivity (Wildman–Crippen MR) is 99.4 cm³/mol. The number of carbonyl (C=O) groups excluding carboxylic acids is 1.